The number of carbonyl (C=O) groups excluding carboxylic acids is 2. The first-order valence-corrected chi connectivity index (χ1v) is 5.89. The number of hydrogen-bond acceptors (Lipinski definition) is 2. The van der Waals surface area contributed by atoms with E-state index in [4.69, 9.17) is 0 Å². The molecule has 0 spiro atoms. The van der Waals surface area contributed by atoms with E-state index in [9.17, 15) is 9.59 Å². The molecule has 1 aliphatic rings. The topological polar surface area (TPSA) is 37.4 Å². The zero-order valence-corrected chi connectivity index (χ0v) is 10.4. The van der Waals surface area contributed by atoms with Crippen molar-refractivity contribution in [3.05, 3.63) is 35.9 Å². The lowest BCUT2D eigenvalue weighted by Gasteiger charge is -2.24. The summed E-state index contributed by atoms with van der Waals surface area (Å²) in [6.45, 7) is 5.59. The summed E-state index contributed by atoms with van der Waals surface area (Å²) in [5, 5.41) is 0. The average Bonchev–Trinajstić information content (AvgIpc) is 2.52. The van der Waals surface area contributed by atoms with E-state index < -0.39 is 5.41 Å². The Morgan fingerprint density at radius 3 is 2.24 bits per heavy atom. The number of carbonyl (C=O) groups is 2. The number of likely N-dealkylation sites (tertiary alicyclic amines) is 1. The lowest BCUT2D eigenvalue weighted by Crippen LogP contribution is -2.40. The van der Waals surface area contributed by atoms with Crippen LogP contribution in [0.1, 0.15) is 32.8 Å². The second-order valence-corrected chi connectivity index (χ2v) is 5.04. The number of amides is 2. The minimum atomic E-state index is -0.692. The summed E-state index contributed by atoms with van der Waals surface area (Å²) in [5.74, 6) is -0.153. The zero-order chi connectivity index (χ0) is 12.6. The molecule has 3 heteroatoms. The third kappa shape index (κ3) is 1.75. The molecule has 3 nitrogen and oxygen atoms in total. The molecule has 2 rings (SSSR count). The van der Waals surface area contributed by atoms with E-state index >= 15 is 0 Å². The van der Waals surface area contributed by atoms with Crippen LogP contribution in [-0.4, -0.2) is 22.8 Å². The molecule has 1 heterocycles. The van der Waals surface area contributed by atoms with Crippen LogP contribution in [0.4, 0.5) is 0 Å². The minimum absolute atomic E-state index is 0.0689. The molecule has 1 aromatic rings. The maximum absolute atomic E-state index is 12.4. The van der Waals surface area contributed by atoms with Gasteiger partial charge in [0.05, 0.1) is 5.41 Å². The predicted molar refractivity (Wildman–Crippen MR) is 65.4 cm³/mol. The van der Waals surface area contributed by atoms with Gasteiger partial charge >= 0.3 is 0 Å². The Bertz CT molecular complexity index is 453. The SMILES string of the molecule is CC(C)N1C(=O)CC(C)(c2ccccc2)C1=O. The molecule has 1 fully saturated rings. The summed E-state index contributed by atoms with van der Waals surface area (Å²) in [6, 6.07) is 9.46. The molecular weight excluding hydrogens is 214 g/mol. The van der Waals surface area contributed by atoms with Crippen molar-refractivity contribution in [2.24, 2.45) is 0 Å². The number of hydrogen-bond donors (Lipinski definition) is 0. The van der Waals surface area contributed by atoms with Gasteiger partial charge in [-0.05, 0) is 26.3 Å². The predicted octanol–water partition coefficient (Wildman–Crippen LogP) is 2.11. The first kappa shape index (κ1) is 11.8. The summed E-state index contributed by atoms with van der Waals surface area (Å²) in [6.07, 6.45) is 0.272. The molecule has 1 saturated heterocycles. The van der Waals surface area contributed by atoms with Crippen molar-refractivity contribution >= 4 is 11.8 Å². The largest absolute Gasteiger partial charge is 0.279 e. The van der Waals surface area contributed by atoms with Gasteiger partial charge in [-0.15, -0.1) is 0 Å². The summed E-state index contributed by atoms with van der Waals surface area (Å²) in [7, 11) is 0. The van der Waals surface area contributed by atoms with E-state index in [1.54, 1.807) is 0 Å². The molecule has 0 N–H and O–H groups in total. The summed E-state index contributed by atoms with van der Waals surface area (Å²) < 4.78 is 0. The van der Waals surface area contributed by atoms with Gasteiger partial charge in [-0.3, -0.25) is 14.5 Å². The number of benzene rings is 1. The van der Waals surface area contributed by atoms with Crippen LogP contribution < -0.4 is 0 Å². The van der Waals surface area contributed by atoms with E-state index in [2.05, 4.69) is 0 Å². The molecule has 1 atom stereocenters. The highest BCUT2D eigenvalue weighted by atomic mass is 16.2. The molecule has 0 radical (unpaired) electrons. The van der Waals surface area contributed by atoms with E-state index in [-0.39, 0.29) is 24.3 Å². The lowest BCUT2D eigenvalue weighted by molar-refractivity contribution is -0.141. The van der Waals surface area contributed by atoms with E-state index in [0.717, 1.165) is 5.56 Å². The Hall–Kier alpha value is -1.64. The summed E-state index contributed by atoms with van der Waals surface area (Å²) >= 11 is 0. The Balaban J connectivity index is 2.42. The van der Waals surface area contributed by atoms with Gasteiger partial charge in [-0.1, -0.05) is 30.3 Å². The molecule has 0 saturated carbocycles. The molecule has 0 bridgehead atoms. The quantitative estimate of drug-likeness (QED) is 0.731. The van der Waals surface area contributed by atoms with Crippen LogP contribution in [0.5, 0.6) is 0 Å². The van der Waals surface area contributed by atoms with Gasteiger partial charge in [-0.25, -0.2) is 0 Å². The fourth-order valence-corrected chi connectivity index (χ4v) is 2.40. The Morgan fingerprint density at radius 1 is 1.18 bits per heavy atom. The monoisotopic (exact) mass is 231 g/mol. The van der Waals surface area contributed by atoms with Crippen LogP contribution >= 0.6 is 0 Å². The third-order valence-electron chi connectivity index (χ3n) is 3.39. The van der Waals surface area contributed by atoms with E-state index in [1.807, 2.05) is 51.1 Å². The van der Waals surface area contributed by atoms with E-state index in [1.165, 1.54) is 4.90 Å². The summed E-state index contributed by atoms with van der Waals surface area (Å²) in [5.41, 5.74) is 0.226. The van der Waals surface area contributed by atoms with Crippen molar-refractivity contribution in [2.75, 3.05) is 0 Å². The molecule has 1 aromatic carbocycles. The van der Waals surface area contributed by atoms with Crippen LogP contribution in [-0.2, 0) is 15.0 Å². The fourth-order valence-electron chi connectivity index (χ4n) is 2.40. The van der Waals surface area contributed by atoms with Crippen molar-refractivity contribution in [3.8, 4) is 0 Å². The van der Waals surface area contributed by atoms with Gasteiger partial charge < -0.3 is 0 Å². The first-order valence-electron chi connectivity index (χ1n) is 5.89. The number of nitrogens with zero attached hydrogens (tertiary/aromatic N) is 1. The third-order valence-corrected chi connectivity index (χ3v) is 3.39. The molecule has 0 aliphatic carbocycles. The van der Waals surface area contributed by atoms with Gasteiger partial charge in [0.2, 0.25) is 11.8 Å². The van der Waals surface area contributed by atoms with Crippen LogP contribution in [0.15, 0.2) is 30.3 Å². The van der Waals surface area contributed by atoms with Crippen LogP contribution in [0.25, 0.3) is 0 Å². The van der Waals surface area contributed by atoms with Gasteiger partial charge in [-0.2, -0.15) is 0 Å². The molecule has 17 heavy (non-hydrogen) atoms. The molecule has 0 aromatic heterocycles. The zero-order valence-electron chi connectivity index (χ0n) is 10.4. The van der Waals surface area contributed by atoms with Gasteiger partial charge in [0, 0.05) is 12.5 Å². The fraction of sp³-hybridized carbons (Fsp3) is 0.429. The highest BCUT2D eigenvalue weighted by Gasteiger charge is 2.49. The Kier molecular flexibility index (Phi) is 2.77. The number of imide groups is 1. The van der Waals surface area contributed by atoms with Gasteiger partial charge in [0.15, 0.2) is 0 Å². The maximum Gasteiger partial charge on any atom is 0.240 e. The average molecular weight is 231 g/mol. The maximum atomic E-state index is 12.4. The second-order valence-electron chi connectivity index (χ2n) is 5.04. The van der Waals surface area contributed by atoms with Gasteiger partial charge in [0.1, 0.15) is 0 Å². The van der Waals surface area contributed by atoms with Gasteiger partial charge in [0.25, 0.3) is 0 Å². The van der Waals surface area contributed by atoms with Crippen molar-refractivity contribution < 1.29 is 9.59 Å². The van der Waals surface area contributed by atoms with E-state index in [0.29, 0.717) is 0 Å². The minimum Gasteiger partial charge on any atom is -0.279 e. The molecular formula is C14H17NO2. The highest BCUT2D eigenvalue weighted by molar-refractivity contribution is 6.09. The van der Waals surface area contributed by atoms with Crippen LogP contribution in [0.3, 0.4) is 0 Å². The smallest absolute Gasteiger partial charge is 0.240 e. The van der Waals surface area contributed by atoms with Crippen molar-refractivity contribution in [1.29, 1.82) is 0 Å². The standard InChI is InChI=1S/C14H17NO2/c1-10(2)15-12(16)9-14(3,13(15)17)11-7-5-4-6-8-11/h4-8,10H,9H2,1-3H3. The Labute approximate surface area is 101 Å². The van der Waals surface area contributed by atoms with Crippen LogP contribution in [0, 0.1) is 0 Å². The molecule has 1 aliphatic heterocycles. The molecule has 2 amide bonds. The second kappa shape index (κ2) is 3.99. The van der Waals surface area contributed by atoms with Crippen molar-refractivity contribution in [1.82, 2.24) is 4.90 Å². The van der Waals surface area contributed by atoms with Crippen molar-refractivity contribution in [2.45, 2.75) is 38.6 Å². The normalized spacial score (nSPS) is 24.8. The Morgan fingerprint density at radius 2 is 1.76 bits per heavy atom. The molecule has 90 valence electrons. The molecule has 1 unspecified atom stereocenters. The van der Waals surface area contributed by atoms with Crippen LogP contribution in [0.2, 0.25) is 0 Å². The lowest BCUT2D eigenvalue weighted by atomic mass is 9.81. The van der Waals surface area contributed by atoms with Crippen molar-refractivity contribution in [3.63, 3.8) is 0 Å². The summed E-state index contributed by atoms with van der Waals surface area (Å²) in [4.78, 5) is 25.7. The number of rotatable bonds is 2. The first-order chi connectivity index (χ1) is 7.97. The highest BCUT2D eigenvalue weighted by Crippen LogP contribution is 2.36.